The average molecular weight is 413 g/mol. The lowest BCUT2D eigenvalue weighted by molar-refractivity contribution is 0.0694. The molecular formula is C23H25ClN2O3. The zero-order valence-electron chi connectivity index (χ0n) is 16.8. The summed E-state index contributed by atoms with van der Waals surface area (Å²) in [6, 6.07) is 15.4. The molecule has 2 N–H and O–H groups in total. The number of halogens is 1. The van der Waals surface area contributed by atoms with E-state index in [9.17, 15) is 9.90 Å². The number of hydrogen-bond donors (Lipinski definition) is 2. The molecule has 0 saturated heterocycles. The minimum absolute atomic E-state index is 0.349. The summed E-state index contributed by atoms with van der Waals surface area (Å²) in [4.78, 5) is 12.0. The second-order valence-corrected chi connectivity index (χ2v) is 7.33. The van der Waals surface area contributed by atoms with E-state index in [1.807, 2.05) is 66.9 Å². The van der Waals surface area contributed by atoms with Gasteiger partial charge in [0.05, 0.1) is 12.7 Å². The van der Waals surface area contributed by atoms with Gasteiger partial charge in [-0.1, -0.05) is 48.0 Å². The molecule has 0 amide bonds. The van der Waals surface area contributed by atoms with Crippen LogP contribution in [0.4, 0.5) is 0 Å². The van der Waals surface area contributed by atoms with Crippen LogP contribution in [0.1, 0.15) is 38.4 Å². The van der Waals surface area contributed by atoms with E-state index in [-0.39, 0.29) is 0 Å². The van der Waals surface area contributed by atoms with Crippen molar-refractivity contribution in [3.8, 4) is 5.75 Å². The minimum Gasteiger partial charge on any atom is -0.496 e. The number of benzene rings is 2. The van der Waals surface area contributed by atoms with Crippen molar-refractivity contribution in [1.82, 2.24) is 9.88 Å². The van der Waals surface area contributed by atoms with E-state index < -0.39 is 5.97 Å². The van der Waals surface area contributed by atoms with Gasteiger partial charge in [-0.05, 0) is 31.5 Å². The monoisotopic (exact) mass is 412 g/mol. The zero-order valence-corrected chi connectivity index (χ0v) is 17.6. The number of carbonyl (C=O) groups is 1. The number of aromatic carboxylic acids is 1. The highest BCUT2D eigenvalue weighted by Crippen LogP contribution is 2.26. The van der Waals surface area contributed by atoms with Crippen LogP contribution in [0.3, 0.4) is 0 Å². The molecule has 2 aromatic carbocycles. The number of ether oxygens (including phenoxy) is 1. The first kappa shape index (κ1) is 21.0. The van der Waals surface area contributed by atoms with Crippen LogP contribution in [-0.4, -0.2) is 22.8 Å². The number of hydrogen-bond acceptors (Lipinski definition) is 3. The van der Waals surface area contributed by atoms with Crippen molar-refractivity contribution < 1.29 is 14.6 Å². The van der Waals surface area contributed by atoms with Crippen molar-refractivity contribution in [2.24, 2.45) is 0 Å². The van der Waals surface area contributed by atoms with E-state index in [1.165, 1.54) is 0 Å². The predicted molar refractivity (Wildman–Crippen MR) is 115 cm³/mol. The maximum Gasteiger partial charge on any atom is 0.337 e. The van der Waals surface area contributed by atoms with Crippen LogP contribution >= 0.6 is 11.6 Å². The third-order valence-electron chi connectivity index (χ3n) is 5.22. The Kier molecular flexibility index (Phi) is 6.62. The summed E-state index contributed by atoms with van der Waals surface area (Å²) >= 11 is 6.31. The summed E-state index contributed by atoms with van der Waals surface area (Å²) in [5, 5.41) is 13.9. The summed E-state index contributed by atoms with van der Waals surface area (Å²) in [5.74, 6) is -0.111. The number of rotatable bonds is 8. The van der Waals surface area contributed by atoms with Crippen molar-refractivity contribution in [2.45, 2.75) is 33.5 Å². The number of carboxylic acids is 1. The van der Waals surface area contributed by atoms with Crippen molar-refractivity contribution in [3.63, 3.8) is 0 Å². The molecule has 0 aliphatic rings. The fraction of sp³-hybridized carbons (Fsp3) is 0.261. The van der Waals surface area contributed by atoms with Crippen LogP contribution in [0, 0.1) is 13.8 Å². The van der Waals surface area contributed by atoms with E-state index in [2.05, 4.69) is 5.32 Å². The van der Waals surface area contributed by atoms with Crippen LogP contribution in [0.5, 0.6) is 5.75 Å². The number of para-hydroxylation sites is 1. The number of carboxylic acid groups (broad SMARTS) is 1. The largest absolute Gasteiger partial charge is 0.496 e. The molecule has 1 aromatic heterocycles. The molecule has 0 saturated carbocycles. The lowest BCUT2D eigenvalue weighted by atomic mass is 10.1. The fourth-order valence-corrected chi connectivity index (χ4v) is 3.85. The van der Waals surface area contributed by atoms with E-state index in [4.69, 9.17) is 16.3 Å². The van der Waals surface area contributed by atoms with Gasteiger partial charge in [0, 0.05) is 47.2 Å². The summed E-state index contributed by atoms with van der Waals surface area (Å²) < 4.78 is 7.40. The summed E-state index contributed by atoms with van der Waals surface area (Å²) in [7, 11) is 1.64. The quantitative estimate of drug-likeness (QED) is 0.557. The Balaban J connectivity index is 1.86. The normalized spacial score (nSPS) is 10.9. The van der Waals surface area contributed by atoms with E-state index in [0.717, 1.165) is 33.8 Å². The smallest absolute Gasteiger partial charge is 0.337 e. The molecule has 3 rings (SSSR count). The molecule has 0 radical (unpaired) electrons. The van der Waals surface area contributed by atoms with Crippen molar-refractivity contribution in [2.75, 3.05) is 7.11 Å². The Morgan fingerprint density at radius 1 is 1.03 bits per heavy atom. The molecule has 29 heavy (non-hydrogen) atoms. The summed E-state index contributed by atoms with van der Waals surface area (Å²) in [6.07, 6.45) is 0. The number of nitrogens with one attached hydrogen (secondary N) is 1. The molecule has 0 aliphatic heterocycles. The molecule has 6 heteroatoms. The first-order valence-electron chi connectivity index (χ1n) is 9.41. The van der Waals surface area contributed by atoms with Crippen LogP contribution < -0.4 is 10.1 Å². The Bertz CT molecular complexity index is 1030. The van der Waals surface area contributed by atoms with Crippen molar-refractivity contribution in [1.29, 1.82) is 0 Å². The van der Waals surface area contributed by atoms with Crippen LogP contribution in [-0.2, 0) is 19.6 Å². The summed E-state index contributed by atoms with van der Waals surface area (Å²) in [6.45, 7) is 5.36. The maximum atomic E-state index is 12.0. The minimum atomic E-state index is -0.919. The molecular weight excluding hydrogens is 388 g/mol. The molecule has 0 unspecified atom stereocenters. The zero-order chi connectivity index (χ0) is 21.0. The summed E-state index contributed by atoms with van der Waals surface area (Å²) in [5.41, 5.74) is 4.77. The Labute approximate surface area is 175 Å². The maximum absolute atomic E-state index is 12.0. The predicted octanol–water partition coefficient (Wildman–Crippen LogP) is 4.80. The highest BCUT2D eigenvalue weighted by molar-refractivity contribution is 6.31. The topological polar surface area (TPSA) is 63.5 Å². The third kappa shape index (κ3) is 4.47. The lowest BCUT2D eigenvalue weighted by Crippen LogP contribution is -2.16. The highest BCUT2D eigenvalue weighted by atomic mass is 35.5. The lowest BCUT2D eigenvalue weighted by Gasteiger charge is -2.12. The number of aromatic nitrogens is 1. The van der Waals surface area contributed by atoms with E-state index in [1.54, 1.807) is 7.11 Å². The van der Waals surface area contributed by atoms with Crippen LogP contribution in [0.2, 0.25) is 5.02 Å². The molecule has 0 aliphatic carbocycles. The Morgan fingerprint density at radius 2 is 1.69 bits per heavy atom. The molecule has 5 nitrogen and oxygen atoms in total. The molecule has 152 valence electrons. The molecule has 3 aromatic rings. The molecule has 0 spiro atoms. The van der Waals surface area contributed by atoms with Crippen LogP contribution in [0.25, 0.3) is 0 Å². The van der Waals surface area contributed by atoms with Gasteiger partial charge in [0.25, 0.3) is 0 Å². The van der Waals surface area contributed by atoms with Gasteiger partial charge in [-0.2, -0.15) is 0 Å². The van der Waals surface area contributed by atoms with E-state index in [0.29, 0.717) is 30.2 Å². The first-order chi connectivity index (χ1) is 13.9. The van der Waals surface area contributed by atoms with Crippen molar-refractivity contribution >= 4 is 17.6 Å². The third-order valence-corrected chi connectivity index (χ3v) is 5.59. The standard InChI is InChI=1S/C23H25ClN2O3/c1-15-19(13-25-12-17-8-5-7-11-21(17)29-3)22(23(27)28)16(2)26(15)14-18-9-4-6-10-20(18)24/h4-11,25H,12-14H2,1-3H3,(H,27,28). The van der Waals surface area contributed by atoms with Gasteiger partial charge in [-0.3, -0.25) is 0 Å². The number of methoxy groups -OCH3 is 1. The second kappa shape index (κ2) is 9.16. The molecule has 0 fully saturated rings. The van der Waals surface area contributed by atoms with Gasteiger partial charge in [0.15, 0.2) is 0 Å². The Morgan fingerprint density at radius 3 is 2.34 bits per heavy atom. The average Bonchev–Trinajstić information content (AvgIpc) is 2.94. The van der Waals surface area contributed by atoms with Gasteiger partial charge < -0.3 is 19.7 Å². The SMILES string of the molecule is COc1ccccc1CNCc1c(C(=O)O)c(C)n(Cc2ccccc2Cl)c1C. The van der Waals surface area contributed by atoms with Gasteiger partial charge >= 0.3 is 5.97 Å². The van der Waals surface area contributed by atoms with Gasteiger partial charge in [-0.15, -0.1) is 0 Å². The first-order valence-corrected chi connectivity index (χ1v) is 9.79. The van der Waals surface area contributed by atoms with Gasteiger partial charge in [-0.25, -0.2) is 4.79 Å². The number of nitrogens with zero attached hydrogens (tertiary/aromatic N) is 1. The molecule has 0 bridgehead atoms. The van der Waals surface area contributed by atoms with Gasteiger partial charge in [0.2, 0.25) is 0 Å². The van der Waals surface area contributed by atoms with Crippen molar-refractivity contribution in [3.05, 3.63) is 87.2 Å². The highest BCUT2D eigenvalue weighted by Gasteiger charge is 2.22. The fourth-order valence-electron chi connectivity index (χ4n) is 3.65. The molecule has 1 heterocycles. The Hall–Kier alpha value is -2.76. The second-order valence-electron chi connectivity index (χ2n) is 6.92. The van der Waals surface area contributed by atoms with Crippen LogP contribution in [0.15, 0.2) is 48.5 Å². The van der Waals surface area contributed by atoms with Gasteiger partial charge in [0.1, 0.15) is 5.75 Å². The van der Waals surface area contributed by atoms with E-state index >= 15 is 0 Å². The molecule has 0 atom stereocenters.